The van der Waals surface area contributed by atoms with Gasteiger partial charge in [0.15, 0.2) is 11.5 Å². The Bertz CT molecular complexity index is 1290. The molecule has 0 heterocycles. The van der Waals surface area contributed by atoms with Crippen molar-refractivity contribution < 1.29 is 4.79 Å². The Kier molecular flexibility index (Phi) is 7.18. The summed E-state index contributed by atoms with van der Waals surface area (Å²) in [6.07, 6.45) is 4.06. The lowest BCUT2D eigenvalue weighted by atomic mass is 9.60. The number of hydrogen-bond acceptors (Lipinski definition) is 7. The van der Waals surface area contributed by atoms with E-state index in [9.17, 15) is 4.79 Å². The number of nitrogens with zero attached hydrogens (tertiary/aromatic N) is 3. The van der Waals surface area contributed by atoms with E-state index in [4.69, 9.17) is 17.2 Å². The molecule has 0 saturated heterocycles. The summed E-state index contributed by atoms with van der Waals surface area (Å²) in [6, 6.07) is 30.9. The zero-order valence-electron chi connectivity index (χ0n) is 21.5. The third-order valence-electron chi connectivity index (χ3n) is 8.75. The normalized spacial score (nSPS) is 27.4. The second-order valence-corrected chi connectivity index (χ2v) is 10.6. The number of carbonyl (C=O) groups is 1. The summed E-state index contributed by atoms with van der Waals surface area (Å²) >= 11 is 0. The molecule has 2 aliphatic carbocycles. The van der Waals surface area contributed by atoms with Crippen molar-refractivity contribution in [2.45, 2.75) is 55.9 Å². The standard InChI is InChI=1S/C31H34N6O/c32-35-27-26(24-14-8-3-9-15-24)31(29(38)28(27)36-33)20-18-30(37-34,19-21-31)17-16-25(22-10-4-1-5-11-22)23-12-6-2-7-13-23/h1-15,25-26,34H,16-21,32-33H2. The lowest BCUT2D eigenvalue weighted by Crippen LogP contribution is -2.43. The second-order valence-electron chi connectivity index (χ2n) is 10.6. The maximum absolute atomic E-state index is 13.8. The third-order valence-corrected chi connectivity index (χ3v) is 8.75. The zero-order valence-corrected chi connectivity index (χ0v) is 21.5. The maximum atomic E-state index is 13.8. The Morgan fingerprint density at radius 2 is 1.32 bits per heavy atom. The summed E-state index contributed by atoms with van der Waals surface area (Å²) in [7, 11) is 0. The van der Waals surface area contributed by atoms with Crippen LogP contribution in [0.25, 0.3) is 0 Å². The van der Waals surface area contributed by atoms with E-state index in [0.29, 0.717) is 31.4 Å². The summed E-state index contributed by atoms with van der Waals surface area (Å²) in [5.74, 6) is 11.3. The first-order valence-electron chi connectivity index (χ1n) is 13.2. The van der Waals surface area contributed by atoms with Crippen LogP contribution in [0.2, 0.25) is 0 Å². The van der Waals surface area contributed by atoms with Crippen LogP contribution >= 0.6 is 0 Å². The minimum Gasteiger partial charge on any atom is -0.323 e. The molecule has 1 atom stereocenters. The molecule has 0 aromatic heterocycles. The number of ketones is 1. The lowest BCUT2D eigenvalue weighted by molar-refractivity contribution is -0.123. The average molecular weight is 507 g/mol. The molecule has 3 aromatic carbocycles. The van der Waals surface area contributed by atoms with E-state index in [0.717, 1.165) is 18.4 Å². The van der Waals surface area contributed by atoms with Crippen molar-refractivity contribution in [3.05, 3.63) is 108 Å². The van der Waals surface area contributed by atoms with Gasteiger partial charge in [-0.15, -0.1) is 0 Å². The molecule has 38 heavy (non-hydrogen) atoms. The number of benzene rings is 3. The molecule has 5 rings (SSSR count). The van der Waals surface area contributed by atoms with E-state index in [1.807, 2.05) is 42.5 Å². The number of hydrogen-bond donors (Lipinski definition) is 3. The average Bonchev–Trinajstić information content (AvgIpc) is 3.22. The number of nitrogens with one attached hydrogen (secondary N) is 1. The van der Waals surface area contributed by atoms with E-state index in [-0.39, 0.29) is 23.3 Å². The molecule has 5 N–H and O–H groups in total. The molecule has 2 fully saturated rings. The van der Waals surface area contributed by atoms with Crippen molar-refractivity contribution in [2.24, 2.45) is 32.4 Å². The van der Waals surface area contributed by atoms with E-state index in [1.165, 1.54) is 11.1 Å². The van der Waals surface area contributed by atoms with Crippen LogP contribution in [0.3, 0.4) is 0 Å². The maximum Gasteiger partial charge on any atom is 0.192 e. The minimum atomic E-state index is -0.732. The highest BCUT2D eigenvalue weighted by Gasteiger charge is 2.60. The van der Waals surface area contributed by atoms with Gasteiger partial charge in [0.05, 0.1) is 11.3 Å². The summed E-state index contributed by atoms with van der Waals surface area (Å²) in [5.41, 5.74) is 11.1. The Morgan fingerprint density at radius 1 is 0.789 bits per heavy atom. The van der Waals surface area contributed by atoms with E-state index in [2.05, 4.69) is 63.8 Å². The van der Waals surface area contributed by atoms with Gasteiger partial charge in [0, 0.05) is 17.3 Å². The van der Waals surface area contributed by atoms with E-state index in [1.54, 1.807) is 0 Å². The summed E-state index contributed by atoms with van der Waals surface area (Å²) < 4.78 is 0. The molecule has 0 amide bonds. The lowest BCUT2D eigenvalue weighted by Gasteiger charge is -2.44. The van der Waals surface area contributed by atoms with Crippen molar-refractivity contribution in [1.82, 2.24) is 0 Å². The van der Waals surface area contributed by atoms with Gasteiger partial charge in [-0.05, 0) is 55.2 Å². The van der Waals surface area contributed by atoms with Gasteiger partial charge < -0.3 is 11.7 Å². The molecule has 194 valence electrons. The van der Waals surface area contributed by atoms with Crippen LogP contribution in [0, 0.1) is 10.9 Å². The first kappa shape index (κ1) is 25.5. The molecule has 2 aliphatic rings. The summed E-state index contributed by atoms with van der Waals surface area (Å²) in [4.78, 5) is 13.8. The fourth-order valence-electron chi connectivity index (χ4n) is 6.67. The third kappa shape index (κ3) is 4.42. The zero-order chi connectivity index (χ0) is 26.6. The molecule has 2 saturated carbocycles. The highest BCUT2D eigenvalue weighted by atomic mass is 16.1. The van der Waals surface area contributed by atoms with Crippen molar-refractivity contribution in [1.29, 1.82) is 5.53 Å². The van der Waals surface area contributed by atoms with Gasteiger partial charge in [-0.2, -0.15) is 15.3 Å². The first-order chi connectivity index (χ1) is 18.6. The van der Waals surface area contributed by atoms with Gasteiger partial charge in [-0.1, -0.05) is 91.0 Å². The Morgan fingerprint density at radius 3 is 1.79 bits per heavy atom. The smallest absolute Gasteiger partial charge is 0.192 e. The molecule has 0 radical (unpaired) electrons. The predicted octanol–water partition coefficient (Wildman–Crippen LogP) is 5.92. The van der Waals surface area contributed by atoms with Gasteiger partial charge in [0.25, 0.3) is 0 Å². The molecular weight excluding hydrogens is 472 g/mol. The fraction of sp³-hybridized carbons (Fsp3) is 0.323. The van der Waals surface area contributed by atoms with Crippen LogP contribution in [-0.2, 0) is 4.79 Å². The van der Waals surface area contributed by atoms with Gasteiger partial charge in [0.1, 0.15) is 0 Å². The molecule has 0 aliphatic heterocycles. The Labute approximate surface area is 223 Å². The van der Waals surface area contributed by atoms with Crippen LogP contribution in [-0.4, -0.2) is 22.7 Å². The van der Waals surface area contributed by atoms with Crippen LogP contribution < -0.4 is 11.7 Å². The van der Waals surface area contributed by atoms with Crippen molar-refractivity contribution in [3.8, 4) is 0 Å². The van der Waals surface area contributed by atoms with Crippen molar-refractivity contribution in [3.63, 3.8) is 0 Å². The van der Waals surface area contributed by atoms with E-state index >= 15 is 0 Å². The van der Waals surface area contributed by atoms with Gasteiger partial charge in [-0.25, -0.2) is 5.53 Å². The van der Waals surface area contributed by atoms with Gasteiger partial charge >= 0.3 is 0 Å². The summed E-state index contributed by atoms with van der Waals surface area (Å²) in [6.45, 7) is 0. The van der Waals surface area contributed by atoms with Crippen LogP contribution in [0.5, 0.6) is 0 Å². The van der Waals surface area contributed by atoms with E-state index < -0.39 is 11.0 Å². The number of hydrazone groups is 2. The van der Waals surface area contributed by atoms with Crippen molar-refractivity contribution >= 4 is 17.2 Å². The molecule has 3 aromatic rings. The molecule has 7 heteroatoms. The number of carbonyl (C=O) groups excluding carboxylic acids is 1. The minimum absolute atomic E-state index is 0.0944. The monoisotopic (exact) mass is 506 g/mol. The SMILES string of the molecule is N=NC1(CCC(c2ccccc2)c2ccccc2)CCC2(CC1)C(=O)C(=NN)C(=NN)C2c1ccccc1. The molecule has 1 spiro atoms. The highest BCUT2D eigenvalue weighted by Crippen LogP contribution is 2.56. The van der Waals surface area contributed by atoms with Crippen LogP contribution in [0.1, 0.15) is 67.1 Å². The highest BCUT2D eigenvalue weighted by molar-refractivity contribution is 6.73. The van der Waals surface area contributed by atoms with Gasteiger partial charge in [-0.3, -0.25) is 4.79 Å². The molecule has 0 bridgehead atoms. The topological polar surface area (TPSA) is 130 Å². The largest absolute Gasteiger partial charge is 0.323 e. The number of nitrogens with two attached hydrogens (primary N) is 2. The molecular formula is C31H34N6O. The fourth-order valence-corrected chi connectivity index (χ4v) is 6.67. The summed E-state index contributed by atoms with van der Waals surface area (Å²) in [5, 5.41) is 12.1. The predicted molar refractivity (Wildman–Crippen MR) is 150 cm³/mol. The van der Waals surface area contributed by atoms with Gasteiger partial charge in [0.2, 0.25) is 0 Å². The molecule has 7 nitrogen and oxygen atoms in total. The quantitative estimate of drug-likeness (QED) is 0.209. The Balaban J connectivity index is 1.42. The number of Topliss-reactive ketones (excluding diaryl/α,β-unsaturated/α-hetero) is 1. The number of rotatable bonds is 7. The Hall–Kier alpha value is -4.13. The second kappa shape index (κ2) is 10.7. The van der Waals surface area contributed by atoms with Crippen molar-refractivity contribution in [2.75, 3.05) is 0 Å². The molecule has 1 unspecified atom stereocenters. The van der Waals surface area contributed by atoms with Crippen LogP contribution in [0.15, 0.2) is 106 Å². The first-order valence-corrected chi connectivity index (χ1v) is 13.2. The van der Waals surface area contributed by atoms with Crippen LogP contribution in [0.4, 0.5) is 0 Å².